The molecule has 0 spiro atoms. The second-order valence-electron chi connectivity index (χ2n) is 8.31. The van der Waals surface area contributed by atoms with Crippen LogP contribution in [0.3, 0.4) is 0 Å². The number of benzene rings is 2. The summed E-state index contributed by atoms with van der Waals surface area (Å²) in [5.41, 5.74) is 4.56. The molecular formula is C22H26N6O2. The number of fused-ring (bicyclic) bond motifs is 2. The predicted molar refractivity (Wildman–Crippen MR) is 118 cm³/mol. The maximum absolute atomic E-state index is 9.85. The van der Waals surface area contributed by atoms with Crippen molar-refractivity contribution in [2.45, 2.75) is 19.1 Å². The number of rotatable bonds is 4. The zero-order valence-corrected chi connectivity index (χ0v) is 17.4. The maximum Gasteiger partial charge on any atom is 0.159 e. The third kappa shape index (κ3) is 3.38. The molecule has 1 aliphatic rings. The highest BCUT2D eigenvalue weighted by Crippen LogP contribution is 2.30. The first-order valence-electron chi connectivity index (χ1n) is 10.2. The van der Waals surface area contributed by atoms with Crippen LogP contribution in [0.15, 0.2) is 36.4 Å². The number of anilines is 1. The van der Waals surface area contributed by atoms with Crippen LogP contribution in [0.4, 0.5) is 5.69 Å². The van der Waals surface area contributed by atoms with E-state index in [9.17, 15) is 5.11 Å². The lowest BCUT2D eigenvalue weighted by Gasteiger charge is -2.40. The smallest absolute Gasteiger partial charge is 0.159 e. The lowest BCUT2D eigenvalue weighted by atomic mass is 10.1. The average Bonchev–Trinajstić information content (AvgIpc) is 3.31. The predicted octanol–water partition coefficient (Wildman–Crippen LogP) is 2.97. The molecule has 30 heavy (non-hydrogen) atoms. The lowest BCUT2D eigenvalue weighted by Crippen LogP contribution is -2.51. The number of phenolic OH excluding ortho intramolecular Hbond substituents is 1. The Morgan fingerprint density at radius 1 is 1.20 bits per heavy atom. The molecule has 8 nitrogen and oxygen atoms in total. The molecule has 156 valence electrons. The van der Waals surface area contributed by atoms with E-state index in [1.807, 2.05) is 12.1 Å². The van der Waals surface area contributed by atoms with Gasteiger partial charge in [0.2, 0.25) is 0 Å². The molecule has 2 unspecified atom stereocenters. The first-order valence-corrected chi connectivity index (χ1v) is 10.2. The first kappa shape index (κ1) is 18.9. The summed E-state index contributed by atoms with van der Waals surface area (Å²) in [4.78, 5) is 12.7. The summed E-state index contributed by atoms with van der Waals surface area (Å²) in [6.45, 7) is 4.66. The van der Waals surface area contributed by atoms with Gasteiger partial charge in [0, 0.05) is 30.2 Å². The Labute approximate surface area is 174 Å². The third-order valence-electron chi connectivity index (χ3n) is 5.64. The summed E-state index contributed by atoms with van der Waals surface area (Å²) >= 11 is 0. The largest absolute Gasteiger partial charge is 0.508 e. The van der Waals surface area contributed by atoms with Crippen molar-refractivity contribution in [1.29, 1.82) is 0 Å². The lowest BCUT2D eigenvalue weighted by molar-refractivity contribution is 0.00880. The monoisotopic (exact) mass is 406 g/mol. The van der Waals surface area contributed by atoms with Gasteiger partial charge in [-0.25, -0.2) is 4.98 Å². The molecule has 3 N–H and O–H groups in total. The minimum Gasteiger partial charge on any atom is -0.508 e. The molecule has 2 atom stereocenters. The van der Waals surface area contributed by atoms with Crippen LogP contribution in [0.2, 0.25) is 0 Å². The highest BCUT2D eigenvalue weighted by molar-refractivity contribution is 5.94. The van der Waals surface area contributed by atoms with Crippen LogP contribution in [0.1, 0.15) is 6.92 Å². The molecular weight excluding hydrogens is 380 g/mol. The van der Waals surface area contributed by atoms with Gasteiger partial charge in [-0.3, -0.25) is 5.10 Å². The minimum absolute atomic E-state index is 0.187. The van der Waals surface area contributed by atoms with Crippen LogP contribution in [0.25, 0.3) is 33.5 Å². The molecule has 0 aliphatic carbocycles. The number of ether oxygens (including phenoxy) is 1. The van der Waals surface area contributed by atoms with Crippen LogP contribution >= 0.6 is 0 Å². The zero-order chi connectivity index (χ0) is 20.8. The van der Waals surface area contributed by atoms with Crippen molar-refractivity contribution in [3.05, 3.63) is 36.4 Å². The van der Waals surface area contributed by atoms with E-state index in [0.29, 0.717) is 24.2 Å². The second-order valence-corrected chi connectivity index (χ2v) is 8.31. The van der Waals surface area contributed by atoms with E-state index in [-0.39, 0.29) is 11.9 Å². The van der Waals surface area contributed by atoms with Gasteiger partial charge in [0.15, 0.2) is 5.82 Å². The van der Waals surface area contributed by atoms with Crippen LogP contribution < -0.4 is 4.90 Å². The molecule has 2 aromatic carbocycles. The molecule has 0 radical (unpaired) electrons. The summed E-state index contributed by atoms with van der Waals surface area (Å²) in [5.74, 6) is 0.886. The molecule has 1 fully saturated rings. The van der Waals surface area contributed by atoms with Gasteiger partial charge in [-0.05, 0) is 57.4 Å². The third-order valence-corrected chi connectivity index (χ3v) is 5.64. The molecule has 2 aromatic heterocycles. The maximum atomic E-state index is 9.85. The molecule has 0 saturated carbocycles. The SMILES string of the molecule is CC1COC(CN(C)C)CN1c1ccc2nc(-c3n[nH]c4ccc(O)cc34)[nH]c2c1. The Balaban J connectivity index is 1.48. The van der Waals surface area contributed by atoms with Crippen molar-refractivity contribution in [3.8, 4) is 17.3 Å². The van der Waals surface area contributed by atoms with E-state index in [0.717, 1.165) is 40.7 Å². The van der Waals surface area contributed by atoms with Gasteiger partial charge in [-0.15, -0.1) is 0 Å². The van der Waals surface area contributed by atoms with E-state index in [4.69, 9.17) is 9.72 Å². The van der Waals surface area contributed by atoms with E-state index in [2.05, 4.69) is 58.1 Å². The van der Waals surface area contributed by atoms with Crippen molar-refractivity contribution in [1.82, 2.24) is 25.1 Å². The molecule has 5 rings (SSSR count). The molecule has 8 heteroatoms. The number of hydrogen-bond acceptors (Lipinski definition) is 6. The summed E-state index contributed by atoms with van der Waals surface area (Å²) in [7, 11) is 4.14. The van der Waals surface area contributed by atoms with Crippen molar-refractivity contribution < 1.29 is 9.84 Å². The quantitative estimate of drug-likeness (QED) is 0.483. The average molecular weight is 406 g/mol. The molecule has 1 aliphatic heterocycles. The fraction of sp³-hybridized carbons (Fsp3) is 0.364. The highest BCUT2D eigenvalue weighted by Gasteiger charge is 2.27. The normalized spacial score (nSPS) is 19.9. The number of phenols is 1. The van der Waals surface area contributed by atoms with E-state index < -0.39 is 0 Å². The van der Waals surface area contributed by atoms with E-state index >= 15 is 0 Å². The van der Waals surface area contributed by atoms with Crippen LogP contribution in [-0.4, -0.2) is 76.1 Å². The van der Waals surface area contributed by atoms with Gasteiger partial charge >= 0.3 is 0 Å². The van der Waals surface area contributed by atoms with Gasteiger partial charge in [-0.2, -0.15) is 5.10 Å². The first-order chi connectivity index (χ1) is 14.5. The van der Waals surface area contributed by atoms with Gasteiger partial charge in [0.25, 0.3) is 0 Å². The number of hydrogen-bond donors (Lipinski definition) is 3. The zero-order valence-electron chi connectivity index (χ0n) is 17.4. The standard InChI is InChI=1S/C22H26N6O2/c1-13-12-30-16(10-27(2)3)11-28(13)14-4-6-19-20(8-14)24-22(23-19)21-17-9-15(29)5-7-18(17)25-26-21/h4-9,13,16,29H,10-12H2,1-3H3,(H,23,24)(H,25,26). The number of imidazole rings is 1. The molecule has 0 bridgehead atoms. The summed E-state index contributed by atoms with van der Waals surface area (Å²) < 4.78 is 6.01. The van der Waals surface area contributed by atoms with Crippen molar-refractivity contribution in [2.24, 2.45) is 0 Å². The number of aromatic amines is 2. The van der Waals surface area contributed by atoms with Crippen LogP contribution in [-0.2, 0) is 4.74 Å². The van der Waals surface area contributed by atoms with Gasteiger partial charge in [0.05, 0.1) is 29.3 Å². The Hall–Kier alpha value is -3.10. The van der Waals surface area contributed by atoms with Gasteiger partial charge in [-0.1, -0.05) is 0 Å². The Bertz CT molecular complexity index is 1200. The molecule has 1 saturated heterocycles. The number of likely N-dealkylation sites (N-methyl/N-ethyl adjacent to an activating group) is 1. The van der Waals surface area contributed by atoms with Gasteiger partial charge in [0.1, 0.15) is 11.4 Å². The topological polar surface area (TPSA) is 93.3 Å². The Morgan fingerprint density at radius 3 is 2.90 bits per heavy atom. The number of morpholine rings is 1. The number of nitrogens with one attached hydrogen (secondary N) is 2. The summed E-state index contributed by atoms with van der Waals surface area (Å²) in [5, 5.41) is 18.1. The Kier molecular flexibility index (Phi) is 4.60. The molecule has 3 heterocycles. The number of H-pyrrole nitrogens is 2. The van der Waals surface area contributed by atoms with E-state index in [1.54, 1.807) is 12.1 Å². The van der Waals surface area contributed by atoms with Crippen LogP contribution in [0, 0.1) is 0 Å². The Morgan fingerprint density at radius 2 is 2.07 bits per heavy atom. The summed E-state index contributed by atoms with van der Waals surface area (Å²) in [6.07, 6.45) is 0.187. The second kappa shape index (κ2) is 7.30. The van der Waals surface area contributed by atoms with Crippen molar-refractivity contribution in [2.75, 3.05) is 38.7 Å². The fourth-order valence-corrected chi connectivity index (χ4v) is 4.17. The van der Waals surface area contributed by atoms with Crippen LogP contribution in [0.5, 0.6) is 5.75 Å². The fourth-order valence-electron chi connectivity index (χ4n) is 4.17. The molecule has 4 aromatic rings. The summed E-state index contributed by atoms with van der Waals surface area (Å²) in [6, 6.07) is 11.8. The number of nitrogens with zero attached hydrogens (tertiary/aromatic N) is 4. The number of aromatic hydroxyl groups is 1. The minimum atomic E-state index is 0.187. The van der Waals surface area contributed by atoms with Crippen molar-refractivity contribution in [3.63, 3.8) is 0 Å². The van der Waals surface area contributed by atoms with Crippen molar-refractivity contribution >= 4 is 27.6 Å². The molecule has 0 amide bonds. The van der Waals surface area contributed by atoms with Gasteiger partial charge < -0.3 is 24.6 Å². The van der Waals surface area contributed by atoms with E-state index in [1.165, 1.54) is 0 Å². The highest BCUT2D eigenvalue weighted by atomic mass is 16.5. The number of aromatic nitrogens is 4.